The van der Waals surface area contributed by atoms with E-state index in [0.717, 1.165) is 17.8 Å². The molecule has 1 heterocycles. The van der Waals surface area contributed by atoms with Crippen LogP contribution in [0.1, 0.15) is 53.4 Å². The minimum absolute atomic E-state index is 0.776. The summed E-state index contributed by atoms with van der Waals surface area (Å²) in [5.74, 6) is 2.55. The molecule has 1 atom stereocenters. The van der Waals surface area contributed by atoms with Gasteiger partial charge in [0.2, 0.25) is 0 Å². The van der Waals surface area contributed by atoms with Gasteiger partial charge in [0.05, 0.1) is 0 Å². The Bertz CT molecular complexity index is 201. The van der Waals surface area contributed by atoms with E-state index in [2.05, 4.69) is 37.9 Å². The Labute approximate surface area is 115 Å². The van der Waals surface area contributed by atoms with Gasteiger partial charge >= 0.3 is 0 Å². The molecule has 1 unspecified atom stereocenters. The maximum Gasteiger partial charge on any atom is 0.00223 e. The van der Waals surface area contributed by atoms with E-state index in [4.69, 9.17) is 0 Å². The molecule has 1 saturated heterocycles. The minimum Gasteiger partial charge on any atom is -0.316 e. The average Bonchev–Trinajstić information content (AvgIpc) is 2.72. The standard InChI is InChI=1S/C16H34N2/c1-14(2)7-5-6-9-18-10-8-16(13-18)12-17-11-15(3)4/h14-17H,5-13H2,1-4H3. The van der Waals surface area contributed by atoms with E-state index < -0.39 is 0 Å². The molecule has 0 spiro atoms. The van der Waals surface area contributed by atoms with Gasteiger partial charge in [-0.2, -0.15) is 0 Å². The zero-order valence-electron chi connectivity index (χ0n) is 13.0. The maximum atomic E-state index is 3.60. The van der Waals surface area contributed by atoms with Crippen molar-refractivity contribution >= 4 is 0 Å². The highest BCUT2D eigenvalue weighted by molar-refractivity contribution is 4.77. The quantitative estimate of drug-likeness (QED) is 0.635. The van der Waals surface area contributed by atoms with E-state index in [1.165, 1.54) is 58.4 Å². The van der Waals surface area contributed by atoms with Gasteiger partial charge in [-0.15, -0.1) is 0 Å². The van der Waals surface area contributed by atoms with Gasteiger partial charge in [0.15, 0.2) is 0 Å². The third-order valence-corrected chi connectivity index (χ3v) is 3.86. The van der Waals surface area contributed by atoms with Crippen LogP contribution in [0.25, 0.3) is 0 Å². The predicted octanol–water partition coefficient (Wildman–Crippen LogP) is 3.38. The number of nitrogens with zero attached hydrogens (tertiary/aromatic N) is 1. The van der Waals surface area contributed by atoms with Gasteiger partial charge in [-0.05, 0) is 56.8 Å². The van der Waals surface area contributed by atoms with Crippen molar-refractivity contribution in [2.75, 3.05) is 32.7 Å². The van der Waals surface area contributed by atoms with Gasteiger partial charge in [-0.25, -0.2) is 0 Å². The first kappa shape index (κ1) is 16.0. The molecule has 0 amide bonds. The van der Waals surface area contributed by atoms with Crippen LogP contribution in [-0.4, -0.2) is 37.6 Å². The molecular formula is C16H34N2. The molecule has 0 aliphatic carbocycles. The Morgan fingerprint density at radius 2 is 1.89 bits per heavy atom. The topological polar surface area (TPSA) is 15.3 Å². The molecule has 18 heavy (non-hydrogen) atoms. The smallest absolute Gasteiger partial charge is 0.00223 e. The second kappa shape index (κ2) is 8.92. The van der Waals surface area contributed by atoms with E-state index >= 15 is 0 Å². The number of rotatable bonds is 9. The van der Waals surface area contributed by atoms with Gasteiger partial charge in [-0.1, -0.05) is 40.5 Å². The van der Waals surface area contributed by atoms with E-state index in [0.29, 0.717) is 0 Å². The summed E-state index contributed by atoms with van der Waals surface area (Å²) < 4.78 is 0. The summed E-state index contributed by atoms with van der Waals surface area (Å²) in [6.45, 7) is 15.6. The van der Waals surface area contributed by atoms with Crippen molar-refractivity contribution in [3.05, 3.63) is 0 Å². The fourth-order valence-electron chi connectivity index (χ4n) is 2.75. The van der Waals surface area contributed by atoms with Gasteiger partial charge in [0.1, 0.15) is 0 Å². The van der Waals surface area contributed by atoms with E-state index in [9.17, 15) is 0 Å². The lowest BCUT2D eigenvalue weighted by Crippen LogP contribution is -2.29. The lowest BCUT2D eigenvalue weighted by molar-refractivity contribution is 0.309. The summed E-state index contributed by atoms with van der Waals surface area (Å²) >= 11 is 0. The predicted molar refractivity (Wildman–Crippen MR) is 80.9 cm³/mol. The maximum absolute atomic E-state index is 3.60. The second-order valence-corrected chi connectivity index (χ2v) is 6.90. The van der Waals surface area contributed by atoms with E-state index in [-0.39, 0.29) is 0 Å². The monoisotopic (exact) mass is 254 g/mol. The van der Waals surface area contributed by atoms with Crippen molar-refractivity contribution < 1.29 is 0 Å². The third kappa shape index (κ3) is 7.38. The number of nitrogens with one attached hydrogen (secondary N) is 1. The molecule has 1 fully saturated rings. The van der Waals surface area contributed by atoms with Crippen LogP contribution < -0.4 is 5.32 Å². The SMILES string of the molecule is CC(C)CCCCN1CCC(CNCC(C)C)C1. The minimum atomic E-state index is 0.776. The normalized spacial score (nSPS) is 21.3. The molecule has 0 bridgehead atoms. The summed E-state index contributed by atoms with van der Waals surface area (Å²) in [7, 11) is 0. The van der Waals surface area contributed by atoms with E-state index in [1.54, 1.807) is 0 Å². The molecule has 108 valence electrons. The lowest BCUT2D eigenvalue weighted by Gasteiger charge is -2.17. The molecule has 1 rings (SSSR count). The highest BCUT2D eigenvalue weighted by Crippen LogP contribution is 2.16. The summed E-state index contributed by atoms with van der Waals surface area (Å²) in [6.07, 6.45) is 5.59. The highest BCUT2D eigenvalue weighted by Gasteiger charge is 2.21. The molecule has 0 aromatic rings. The summed E-state index contributed by atoms with van der Waals surface area (Å²) in [5.41, 5.74) is 0. The van der Waals surface area contributed by atoms with Crippen molar-refractivity contribution in [1.29, 1.82) is 0 Å². The van der Waals surface area contributed by atoms with Crippen LogP contribution in [0.5, 0.6) is 0 Å². The first-order chi connectivity index (χ1) is 8.58. The molecule has 0 aromatic carbocycles. The second-order valence-electron chi connectivity index (χ2n) is 6.90. The molecule has 0 aromatic heterocycles. The number of unbranched alkanes of at least 4 members (excludes halogenated alkanes) is 1. The number of hydrogen-bond donors (Lipinski definition) is 1. The Balaban J connectivity index is 1.99. The van der Waals surface area contributed by atoms with Crippen LogP contribution in [0.15, 0.2) is 0 Å². The molecule has 1 aliphatic heterocycles. The van der Waals surface area contributed by atoms with Crippen molar-refractivity contribution in [2.24, 2.45) is 17.8 Å². The van der Waals surface area contributed by atoms with Gasteiger partial charge in [0, 0.05) is 6.54 Å². The fraction of sp³-hybridized carbons (Fsp3) is 1.00. The van der Waals surface area contributed by atoms with Crippen molar-refractivity contribution in [3.63, 3.8) is 0 Å². The van der Waals surface area contributed by atoms with Gasteiger partial charge < -0.3 is 10.2 Å². The molecule has 2 heteroatoms. The van der Waals surface area contributed by atoms with Crippen LogP contribution in [0.2, 0.25) is 0 Å². The summed E-state index contributed by atoms with van der Waals surface area (Å²) in [6, 6.07) is 0. The molecular weight excluding hydrogens is 220 g/mol. The Morgan fingerprint density at radius 1 is 1.11 bits per heavy atom. The number of likely N-dealkylation sites (tertiary alicyclic amines) is 1. The van der Waals surface area contributed by atoms with E-state index in [1.807, 2.05) is 0 Å². The molecule has 0 saturated carbocycles. The third-order valence-electron chi connectivity index (χ3n) is 3.86. The van der Waals surface area contributed by atoms with Gasteiger partial charge in [-0.3, -0.25) is 0 Å². The Hall–Kier alpha value is -0.0800. The molecule has 0 radical (unpaired) electrons. The largest absolute Gasteiger partial charge is 0.316 e. The lowest BCUT2D eigenvalue weighted by atomic mass is 10.1. The van der Waals surface area contributed by atoms with Crippen LogP contribution in [-0.2, 0) is 0 Å². The molecule has 2 nitrogen and oxygen atoms in total. The van der Waals surface area contributed by atoms with Crippen LogP contribution in [0.4, 0.5) is 0 Å². The first-order valence-corrected chi connectivity index (χ1v) is 8.01. The fourth-order valence-corrected chi connectivity index (χ4v) is 2.75. The Morgan fingerprint density at radius 3 is 2.56 bits per heavy atom. The number of hydrogen-bond acceptors (Lipinski definition) is 2. The van der Waals surface area contributed by atoms with Crippen LogP contribution in [0.3, 0.4) is 0 Å². The van der Waals surface area contributed by atoms with Crippen molar-refractivity contribution in [1.82, 2.24) is 10.2 Å². The van der Waals surface area contributed by atoms with Crippen molar-refractivity contribution in [3.8, 4) is 0 Å². The van der Waals surface area contributed by atoms with Crippen molar-refractivity contribution in [2.45, 2.75) is 53.4 Å². The zero-order chi connectivity index (χ0) is 13.4. The molecule has 1 aliphatic rings. The Kier molecular flexibility index (Phi) is 7.92. The van der Waals surface area contributed by atoms with Gasteiger partial charge in [0.25, 0.3) is 0 Å². The summed E-state index contributed by atoms with van der Waals surface area (Å²) in [5, 5.41) is 3.60. The highest BCUT2D eigenvalue weighted by atomic mass is 15.1. The summed E-state index contributed by atoms with van der Waals surface area (Å²) in [4.78, 5) is 2.67. The first-order valence-electron chi connectivity index (χ1n) is 8.01. The average molecular weight is 254 g/mol. The molecule has 1 N–H and O–H groups in total. The van der Waals surface area contributed by atoms with Crippen LogP contribution in [0, 0.1) is 17.8 Å². The zero-order valence-corrected chi connectivity index (χ0v) is 13.0. The van der Waals surface area contributed by atoms with Crippen LogP contribution >= 0.6 is 0 Å².